The molecule has 1 aromatic rings. The maximum atomic E-state index is 2.55. The third-order valence-corrected chi connectivity index (χ3v) is 11.8. The molecule has 3 aliphatic rings. The van der Waals surface area contributed by atoms with Crippen LogP contribution in [0.1, 0.15) is 34.5 Å². The third-order valence-electron chi connectivity index (χ3n) is 4.44. The van der Waals surface area contributed by atoms with E-state index >= 15 is 0 Å². The van der Waals surface area contributed by atoms with Gasteiger partial charge in [-0.1, -0.05) is 0 Å². The standard InChI is InChI=1S/C9H12P.C9H7.2FH.Zr/c1-2-6-10-7-8-4-3-5-9(8)10;1-2-5-9-7-3-6-8(9)4-1;;;/h4H,2-3,6-7H2,1H3;1-7H;2*1H;/q;;;;+2/p-2. The topological polar surface area (TPSA) is 0 Å². The zero-order valence-electron chi connectivity index (χ0n) is 12.7. The van der Waals surface area contributed by atoms with E-state index in [1.54, 1.807) is 11.1 Å². The Hall–Kier alpha value is -0.387. The summed E-state index contributed by atoms with van der Waals surface area (Å²) in [4.78, 5) is 0. The molecule has 4 rings (SSSR count). The smallest absolute Gasteiger partial charge is 1.00 e. The summed E-state index contributed by atoms with van der Waals surface area (Å²) in [7, 11) is 0.265. The molecular weight excluding hydrogens is 376 g/mol. The van der Waals surface area contributed by atoms with E-state index in [1.165, 1.54) is 30.7 Å². The van der Waals surface area contributed by atoms with E-state index in [0.29, 0.717) is 0 Å². The Bertz CT molecular complexity index is 648. The molecule has 114 valence electrons. The van der Waals surface area contributed by atoms with Crippen molar-refractivity contribution in [2.24, 2.45) is 0 Å². The van der Waals surface area contributed by atoms with Gasteiger partial charge in [-0.25, -0.2) is 0 Å². The van der Waals surface area contributed by atoms with Gasteiger partial charge in [0, 0.05) is 0 Å². The van der Waals surface area contributed by atoms with Crippen LogP contribution >= 0.6 is 7.92 Å². The van der Waals surface area contributed by atoms with Crippen molar-refractivity contribution in [2.45, 2.75) is 23.4 Å². The fourth-order valence-electron chi connectivity index (χ4n) is 3.49. The molecule has 0 saturated carbocycles. The summed E-state index contributed by atoms with van der Waals surface area (Å²) in [6.45, 7) is 2.34. The van der Waals surface area contributed by atoms with Crippen LogP contribution in [-0.4, -0.2) is 12.3 Å². The zero-order chi connectivity index (χ0) is 13.5. The Morgan fingerprint density at radius 1 is 1.23 bits per heavy atom. The normalized spacial score (nSPS) is 23.6. The van der Waals surface area contributed by atoms with Gasteiger partial charge in [-0.05, 0) is 0 Å². The molecule has 0 N–H and O–H groups in total. The first-order chi connectivity index (χ1) is 9.86. The predicted octanol–water partition coefficient (Wildman–Crippen LogP) is -0.708. The van der Waals surface area contributed by atoms with Crippen molar-refractivity contribution < 1.29 is 32.6 Å². The minimum Gasteiger partial charge on any atom is -1.00 e. The number of rotatable bonds is 4. The van der Waals surface area contributed by atoms with Crippen molar-refractivity contribution in [3.05, 3.63) is 61.7 Å². The van der Waals surface area contributed by atoms with Gasteiger partial charge in [-0.3, -0.25) is 0 Å². The Morgan fingerprint density at radius 2 is 2.05 bits per heavy atom. The van der Waals surface area contributed by atoms with Crippen LogP contribution in [0.3, 0.4) is 0 Å². The average molecular weight is 396 g/mol. The van der Waals surface area contributed by atoms with E-state index in [9.17, 15) is 0 Å². The number of halogens is 2. The van der Waals surface area contributed by atoms with E-state index in [-0.39, 0.29) is 17.3 Å². The Labute approximate surface area is 143 Å². The van der Waals surface area contributed by atoms with Crippen molar-refractivity contribution in [2.75, 3.05) is 12.3 Å². The first-order valence-corrected chi connectivity index (χ1v) is 11.9. The third kappa shape index (κ3) is 3.00. The fraction of sp³-hybridized carbons (Fsp3) is 0.333. The van der Waals surface area contributed by atoms with Gasteiger partial charge in [0.05, 0.1) is 0 Å². The second kappa shape index (κ2) is 7.46. The first kappa shape index (κ1) is 18.0. The Morgan fingerprint density at radius 3 is 2.86 bits per heavy atom. The van der Waals surface area contributed by atoms with Crippen molar-refractivity contribution in [1.82, 2.24) is 0 Å². The molecule has 22 heavy (non-hydrogen) atoms. The zero-order valence-corrected chi connectivity index (χ0v) is 16.0. The predicted molar refractivity (Wildman–Crippen MR) is 84.9 cm³/mol. The van der Waals surface area contributed by atoms with Gasteiger partial charge < -0.3 is 9.41 Å². The van der Waals surface area contributed by atoms with Gasteiger partial charge in [0.2, 0.25) is 0 Å². The van der Waals surface area contributed by atoms with Crippen molar-refractivity contribution in [3.8, 4) is 0 Å². The van der Waals surface area contributed by atoms with Gasteiger partial charge in [0.15, 0.2) is 0 Å². The monoisotopic (exact) mass is 394 g/mol. The molecule has 1 aromatic carbocycles. The Balaban J connectivity index is 0.000000882. The molecule has 0 amide bonds. The molecule has 0 spiro atoms. The van der Waals surface area contributed by atoms with Gasteiger partial charge >= 0.3 is 135 Å². The molecule has 1 fully saturated rings. The van der Waals surface area contributed by atoms with Gasteiger partial charge in [-0.15, -0.1) is 0 Å². The fourth-order valence-corrected chi connectivity index (χ4v) is 11.3. The molecule has 4 heteroatoms. The summed E-state index contributed by atoms with van der Waals surface area (Å²) in [5.41, 5.74) is 4.83. The Kier molecular flexibility index (Phi) is 6.09. The van der Waals surface area contributed by atoms with Crippen LogP contribution in [0.2, 0.25) is 0 Å². The van der Waals surface area contributed by atoms with Gasteiger partial charge in [0.25, 0.3) is 0 Å². The van der Waals surface area contributed by atoms with Crippen LogP contribution in [0.5, 0.6) is 0 Å². The molecule has 2 atom stereocenters. The summed E-state index contributed by atoms with van der Waals surface area (Å²) in [5.74, 6) is 0. The van der Waals surface area contributed by atoms with Crippen LogP contribution in [0.15, 0.2) is 50.6 Å². The van der Waals surface area contributed by atoms with Crippen LogP contribution in [0.4, 0.5) is 0 Å². The maximum absolute atomic E-state index is 2.55. The number of allylic oxidation sites excluding steroid dienone is 5. The molecular formula is C18H19F2PZr. The summed E-state index contributed by atoms with van der Waals surface area (Å²) >= 11 is -0.482. The summed E-state index contributed by atoms with van der Waals surface area (Å²) in [5, 5.41) is 1.89. The molecule has 0 aromatic heterocycles. The number of hydrogen-bond acceptors (Lipinski definition) is 0. The molecule has 0 nitrogen and oxygen atoms in total. The minimum atomic E-state index is -0.482. The molecule has 1 aliphatic heterocycles. The van der Waals surface area contributed by atoms with E-state index in [1.807, 2.05) is 8.60 Å². The molecule has 0 bridgehead atoms. The number of fused-ring (bicyclic) bond motifs is 2. The first-order valence-electron chi connectivity index (χ1n) is 7.58. The largest absolute Gasteiger partial charge is 1.00 e. The summed E-state index contributed by atoms with van der Waals surface area (Å²) < 4.78 is 2.73. The van der Waals surface area contributed by atoms with E-state index < -0.39 is 23.2 Å². The second-order valence-electron chi connectivity index (χ2n) is 5.79. The van der Waals surface area contributed by atoms with Crippen LogP contribution < -0.4 is 9.41 Å². The van der Waals surface area contributed by atoms with Crippen LogP contribution in [0, 0.1) is 0 Å². The average Bonchev–Trinajstić information content (AvgIpc) is 2.98. The molecule has 1 heterocycles. The van der Waals surface area contributed by atoms with E-state index in [2.05, 4.69) is 49.4 Å². The molecule has 2 aliphatic carbocycles. The van der Waals surface area contributed by atoms with Crippen molar-refractivity contribution in [3.63, 3.8) is 0 Å². The van der Waals surface area contributed by atoms with Gasteiger partial charge in [0.1, 0.15) is 0 Å². The number of hydrogen-bond donors (Lipinski definition) is 0. The molecule has 1 saturated heterocycles. The summed E-state index contributed by atoms with van der Waals surface area (Å²) in [6.07, 6.45) is 13.0. The molecule has 2 unspecified atom stereocenters. The van der Waals surface area contributed by atoms with E-state index in [4.69, 9.17) is 0 Å². The molecule has 0 radical (unpaired) electrons. The number of benzene rings is 1. The van der Waals surface area contributed by atoms with Gasteiger partial charge in [-0.2, -0.15) is 0 Å². The van der Waals surface area contributed by atoms with Crippen molar-refractivity contribution in [1.29, 1.82) is 0 Å². The van der Waals surface area contributed by atoms with Crippen LogP contribution in [-0.2, 0) is 23.2 Å². The maximum Gasteiger partial charge on any atom is -1.00 e. The van der Waals surface area contributed by atoms with E-state index in [0.717, 1.165) is 3.63 Å². The quantitative estimate of drug-likeness (QED) is 0.591. The SMILES string of the molecule is CCCP1CC2=CC[C]([Zr+2][CH]3C=Cc4ccccc43)=C21.[F-].[F-]. The van der Waals surface area contributed by atoms with Crippen LogP contribution in [0.25, 0.3) is 6.08 Å². The summed E-state index contributed by atoms with van der Waals surface area (Å²) in [6, 6.07) is 9.00. The van der Waals surface area contributed by atoms with Crippen molar-refractivity contribution >= 4 is 14.0 Å². The minimum absolute atomic E-state index is 0. The second-order valence-corrected chi connectivity index (χ2v) is 11.8.